The molecule has 1 aliphatic heterocycles. The van der Waals surface area contributed by atoms with Crippen LogP contribution in [0.25, 0.3) is 0 Å². The summed E-state index contributed by atoms with van der Waals surface area (Å²) in [6, 6.07) is 6.46. The molecule has 0 radical (unpaired) electrons. The molecule has 0 spiro atoms. The zero-order chi connectivity index (χ0) is 16.7. The SMILES string of the molecule is COc1ccc(Cl)cc1N1CCN(CC2CC3C=CC2C3)C(C)C1. The predicted octanol–water partition coefficient (Wildman–Crippen LogP) is 4.07. The lowest BCUT2D eigenvalue weighted by atomic mass is 9.92. The van der Waals surface area contributed by atoms with Crippen LogP contribution in [0.2, 0.25) is 5.02 Å². The Hall–Kier alpha value is -1.19. The quantitative estimate of drug-likeness (QED) is 0.764. The second-order valence-electron chi connectivity index (χ2n) is 7.65. The molecule has 3 aliphatic rings. The van der Waals surface area contributed by atoms with Crippen molar-refractivity contribution in [1.29, 1.82) is 0 Å². The zero-order valence-corrected chi connectivity index (χ0v) is 15.4. The standard InChI is InChI=1S/C20H27ClN2O/c1-14-12-23(19-11-18(21)5-6-20(19)24-2)8-7-22(14)13-17-10-15-3-4-16(17)9-15/h3-6,11,14-17H,7-10,12-13H2,1-2H3. The third-order valence-corrected chi connectivity index (χ3v) is 6.37. The van der Waals surface area contributed by atoms with Gasteiger partial charge in [-0.2, -0.15) is 0 Å². The number of hydrogen-bond acceptors (Lipinski definition) is 3. The summed E-state index contributed by atoms with van der Waals surface area (Å²) in [6.45, 7) is 6.80. The molecule has 2 bridgehead atoms. The second-order valence-corrected chi connectivity index (χ2v) is 8.08. The first-order chi connectivity index (χ1) is 11.6. The first-order valence-electron chi connectivity index (χ1n) is 9.15. The lowest BCUT2D eigenvalue weighted by Crippen LogP contribution is -2.53. The molecule has 1 saturated heterocycles. The Balaban J connectivity index is 1.41. The number of allylic oxidation sites excluding steroid dienone is 2. The monoisotopic (exact) mass is 346 g/mol. The van der Waals surface area contributed by atoms with Crippen LogP contribution in [0.15, 0.2) is 30.4 Å². The lowest BCUT2D eigenvalue weighted by Gasteiger charge is -2.43. The van der Waals surface area contributed by atoms with Gasteiger partial charge in [-0.3, -0.25) is 4.90 Å². The van der Waals surface area contributed by atoms with Crippen LogP contribution in [0.4, 0.5) is 5.69 Å². The van der Waals surface area contributed by atoms with Gasteiger partial charge in [-0.1, -0.05) is 23.8 Å². The number of piperazine rings is 1. The van der Waals surface area contributed by atoms with E-state index in [1.165, 1.54) is 19.4 Å². The summed E-state index contributed by atoms with van der Waals surface area (Å²) in [5.74, 6) is 3.49. The van der Waals surface area contributed by atoms with Crippen LogP contribution in [-0.2, 0) is 0 Å². The fourth-order valence-electron chi connectivity index (χ4n) is 4.80. The van der Waals surface area contributed by atoms with Crippen LogP contribution in [-0.4, -0.2) is 44.2 Å². The number of methoxy groups -OCH3 is 1. The molecule has 1 aromatic carbocycles. The van der Waals surface area contributed by atoms with Gasteiger partial charge >= 0.3 is 0 Å². The van der Waals surface area contributed by atoms with Gasteiger partial charge in [0.05, 0.1) is 12.8 Å². The van der Waals surface area contributed by atoms with E-state index >= 15 is 0 Å². The summed E-state index contributed by atoms with van der Waals surface area (Å²) in [5.41, 5.74) is 1.12. The van der Waals surface area contributed by atoms with Gasteiger partial charge in [0.2, 0.25) is 0 Å². The lowest BCUT2D eigenvalue weighted by molar-refractivity contribution is 0.151. The van der Waals surface area contributed by atoms with Gasteiger partial charge in [0.15, 0.2) is 0 Å². The molecule has 4 heteroatoms. The topological polar surface area (TPSA) is 15.7 Å². The third kappa shape index (κ3) is 3.04. The molecule has 130 valence electrons. The van der Waals surface area contributed by atoms with Gasteiger partial charge in [-0.25, -0.2) is 0 Å². The Morgan fingerprint density at radius 2 is 2.08 bits per heavy atom. The molecule has 0 aromatic heterocycles. The molecule has 24 heavy (non-hydrogen) atoms. The molecular formula is C20H27ClN2O. The van der Waals surface area contributed by atoms with Gasteiger partial charge in [-0.05, 0) is 55.7 Å². The highest BCUT2D eigenvalue weighted by Gasteiger charge is 2.37. The number of fused-ring (bicyclic) bond motifs is 2. The fraction of sp³-hybridized carbons (Fsp3) is 0.600. The summed E-state index contributed by atoms with van der Waals surface area (Å²) in [7, 11) is 1.73. The van der Waals surface area contributed by atoms with E-state index in [0.717, 1.165) is 53.8 Å². The van der Waals surface area contributed by atoms with Crippen molar-refractivity contribution in [2.24, 2.45) is 17.8 Å². The van der Waals surface area contributed by atoms with Crippen molar-refractivity contribution in [3.63, 3.8) is 0 Å². The summed E-state index contributed by atoms with van der Waals surface area (Å²) in [5, 5.41) is 0.773. The number of hydrogen-bond donors (Lipinski definition) is 0. The van der Waals surface area contributed by atoms with E-state index in [4.69, 9.17) is 16.3 Å². The molecule has 2 aliphatic carbocycles. The maximum absolute atomic E-state index is 6.21. The number of anilines is 1. The number of rotatable bonds is 4. The van der Waals surface area contributed by atoms with Crippen molar-refractivity contribution in [1.82, 2.24) is 4.90 Å². The van der Waals surface area contributed by atoms with Crippen LogP contribution >= 0.6 is 11.6 Å². The minimum atomic E-state index is 0.561. The van der Waals surface area contributed by atoms with Gasteiger partial charge in [0, 0.05) is 37.2 Å². The Kier molecular flexibility index (Phi) is 4.48. The Labute approximate surface area is 150 Å². The second kappa shape index (κ2) is 6.61. The Morgan fingerprint density at radius 1 is 1.21 bits per heavy atom. The zero-order valence-electron chi connectivity index (χ0n) is 14.6. The summed E-state index contributed by atoms with van der Waals surface area (Å²) in [6.07, 6.45) is 7.71. The molecule has 1 aromatic rings. The van der Waals surface area contributed by atoms with E-state index in [1.54, 1.807) is 7.11 Å². The van der Waals surface area contributed by atoms with Crippen LogP contribution in [0.5, 0.6) is 5.75 Å². The number of ether oxygens (including phenoxy) is 1. The molecule has 1 heterocycles. The molecule has 1 saturated carbocycles. The highest BCUT2D eigenvalue weighted by Crippen LogP contribution is 2.44. The first-order valence-corrected chi connectivity index (χ1v) is 9.52. The van der Waals surface area contributed by atoms with E-state index in [9.17, 15) is 0 Å². The highest BCUT2D eigenvalue weighted by atomic mass is 35.5. The molecule has 4 rings (SSSR count). The van der Waals surface area contributed by atoms with Crippen LogP contribution < -0.4 is 9.64 Å². The summed E-state index contributed by atoms with van der Waals surface area (Å²) in [4.78, 5) is 5.11. The summed E-state index contributed by atoms with van der Waals surface area (Å²) >= 11 is 6.21. The van der Waals surface area contributed by atoms with E-state index in [1.807, 2.05) is 18.2 Å². The molecule has 4 unspecified atom stereocenters. The van der Waals surface area contributed by atoms with Crippen LogP contribution in [0, 0.1) is 17.8 Å². The number of halogens is 1. The van der Waals surface area contributed by atoms with Crippen molar-refractivity contribution in [3.8, 4) is 5.75 Å². The molecule has 4 atom stereocenters. The minimum absolute atomic E-state index is 0.561. The maximum atomic E-state index is 6.21. The average molecular weight is 347 g/mol. The third-order valence-electron chi connectivity index (χ3n) is 6.13. The largest absolute Gasteiger partial charge is 0.495 e. The maximum Gasteiger partial charge on any atom is 0.142 e. The minimum Gasteiger partial charge on any atom is -0.495 e. The van der Waals surface area contributed by atoms with E-state index < -0.39 is 0 Å². The van der Waals surface area contributed by atoms with Crippen molar-refractivity contribution < 1.29 is 4.74 Å². The van der Waals surface area contributed by atoms with Gasteiger partial charge in [0.25, 0.3) is 0 Å². The highest BCUT2D eigenvalue weighted by molar-refractivity contribution is 6.30. The van der Waals surface area contributed by atoms with Crippen LogP contribution in [0.3, 0.4) is 0 Å². The van der Waals surface area contributed by atoms with E-state index in [-0.39, 0.29) is 0 Å². The van der Waals surface area contributed by atoms with Gasteiger partial charge in [0.1, 0.15) is 5.75 Å². The van der Waals surface area contributed by atoms with Crippen molar-refractivity contribution in [3.05, 3.63) is 35.4 Å². The summed E-state index contributed by atoms with van der Waals surface area (Å²) < 4.78 is 5.54. The molecule has 0 amide bonds. The van der Waals surface area contributed by atoms with E-state index in [2.05, 4.69) is 28.9 Å². The number of benzene rings is 1. The Bertz CT molecular complexity index is 632. The fourth-order valence-corrected chi connectivity index (χ4v) is 4.97. The molecular weight excluding hydrogens is 320 g/mol. The Morgan fingerprint density at radius 3 is 2.75 bits per heavy atom. The van der Waals surface area contributed by atoms with Crippen molar-refractivity contribution in [2.45, 2.75) is 25.8 Å². The number of nitrogens with zero attached hydrogens (tertiary/aromatic N) is 2. The van der Waals surface area contributed by atoms with Gasteiger partial charge in [-0.15, -0.1) is 0 Å². The first kappa shape index (κ1) is 16.3. The van der Waals surface area contributed by atoms with Crippen molar-refractivity contribution in [2.75, 3.05) is 38.2 Å². The van der Waals surface area contributed by atoms with Crippen molar-refractivity contribution >= 4 is 17.3 Å². The smallest absolute Gasteiger partial charge is 0.142 e. The average Bonchev–Trinajstić information content (AvgIpc) is 3.19. The molecule has 2 fully saturated rings. The molecule has 3 nitrogen and oxygen atoms in total. The predicted molar refractivity (Wildman–Crippen MR) is 100 cm³/mol. The van der Waals surface area contributed by atoms with Crippen LogP contribution in [0.1, 0.15) is 19.8 Å². The van der Waals surface area contributed by atoms with Gasteiger partial charge < -0.3 is 9.64 Å². The van der Waals surface area contributed by atoms with E-state index in [0.29, 0.717) is 6.04 Å². The molecule has 0 N–H and O–H groups in total. The normalized spacial score (nSPS) is 32.5.